The lowest BCUT2D eigenvalue weighted by atomic mass is 10.3. The van der Waals surface area contributed by atoms with Gasteiger partial charge in [-0.3, -0.25) is 4.98 Å². The lowest BCUT2D eigenvalue weighted by Crippen LogP contribution is -2.18. The number of anilines is 1. The normalized spacial score (nSPS) is 10.4. The second kappa shape index (κ2) is 5.74. The molecule has 0 atom stereocenters. The summed E-state index contributed by atoms with van der Waals surface area (Å²) in [5, 5.41) is 1.04. The Kier molecular flexibility index (Phi) is 4.27. The zero-order valence-corrected chi connectivity index (χ0v) is 11.8. The Morgan fingerprint density at radius 1 is 1.17 bits per heavy atom. The van der Waals surface area contributed by atoms with Crippen LogP contribution in [0.25, 0.3) is 0 Å². The predicted octanol–water partition coefficient (Wildman–Crippen LogP) is 4.07. The van der Waals surface area contributed by atoms with Crippen molar-refractivity contribution in [2.75, 3.05) is 11.9 Å². The molecule has 2 aromatic heterocycles. The summed E-state index contributed by atoms with van der Waals surface area (Å²) >= 11 is 17.8. The van der Waals surface area contributed by atoms with Crippen LogP contribution in [0.2, 0.25) is 15.2 Å². The Hall–Kier alpha value is -1.03. The van der Waals surface area contributed by atoms with Gasteiger partial charge in [0.15, 0.2) is 0 Å². The summed E-state index contributed by atoms with van der Waals surface area (Å²) in [6.07, 6.45) is 1.74. The topological polar surface area (TPSA) is 29.0 Å². The first-order chi connectivity index (χ1) is 8.58. The largest absolute Gasteiger partial charge is 0.352 e. The van der Waals surface area contributed by atoms with E-state index in [0.717, 1.165) is 5.69 Å². The van der Waals surface area contributed by atoms with Gasteiger partial charge >= 0.3 is 0 Å². The lowest BCUT2D eigenvalue weighted by Gasteiger charge is -2.19. The summed E-state index contributed by atoms with van der Waals surface area (Å²) in [6, 6.07) is 7.32. The minimum atomic E-state index is 0.240. The minimum absolute atomic E-state index is 0.240. The van der Waals surface area contributed by atoms with Gasteiger partial charge in [-0.2, -0.15) is 0 Å². The highest BCUT2D eigenvalue weighted by Crippen LogP contribution is 2.31. The van der Waals surface area contributed by atoms with E-state index in [-0.39, 0.29) is 5.15 Å². The van der Waals surface area contributed by atoms with Crippen LogP contribution in [-0.2, 0) is 6.54 Å². The van der Waals surface area contributed by atoms with Crippen LogP contribution in [0.4, 0.5) is 5.82 Å². The third-order valence-electron chi connectivity index (χ3n) is 2.36. The van der Waals surface area contributed by atoms with Crippen LogP contribution in [0.5, 0.6) is 0 Å². The molecule has 0 radical (unpaired) electrons. The van der Waals surface area contributed by atoms with Gasteiger partial charge in [0.1, 0.15) is 11.0 Å². The highest BCUT2D eigenvalue weighted by molar-refractivity contribution is 6.42. The van der Waals surface area contributed by atoms with Crippen molar-refractivity contribution in [2.24, 2.45) is 0 Å². The number of rotatable bonds is 3. The Morgan fingerprint density at radius 2 is 1.94 bits per heavy atom. The van der Waals surface area contributed by atoms with Crippen molar-refractivity contribution in [3.05, 3.63) is 51.4 Å². The summed E-state index contributed by atoms with van der Waals surface area (Å²) in [5.74, 6) is 0.580. The molecule has 0 unspecified atom stereocenters. The number of pyridine rings is 2. The Morgan fingerprint density at radius 3 is 2.61 bits per heavy atom. The second-order valence-electron chi connectivity index (χ2n) is 3.74. The first-order valence-corrected chi connectivity index (χ1v) is 6.34. The van der Waals surface area contributed by atoms with E-state index < -0.39 is 0 Å². The van der Waals surface area contributed by atoms with Crippen molar-refractivity contribution in [1.29, 1.82) is 0 Å². The van der Waals surface area contributed by atoms with Crippen molar-refractivity contribution < 1.29 is 0 Å². The third kappa shape index (κ3) is 3.05. The zero-order chi connectivity index (χ0) is 13.1. The van der Waals surface area contributed by atoms with Gasteiger partial charge in [-0.1, -0.05) is 40.9 Å². The van der Waals surface area contributed by atoms with Crippen LogP contribution < -0.4 is 4.90 Å². The number of hydrogen-bond acceptors (Lipinski definition) is 3. The van der Waals surface area contributed by atoms with Gasteiger partial charge in [0.05, 0.1) is 22.3 Å². The van der Waals surface area contributed by atoms with E-state index in [1.165, 1.54) is 0 Å². The molecule has 94 valence electrons. The summed E-state index contributed by atoms with van der Waals surface area (Å²) in [6.45, 7) is 0.589. The second-order valence-corrected chi connectivity index (χ2v) is 4.92. The molecule has 2 rings (SSSR count). The number of halogens is 3. The molecule has 0 aliphatic rings. The Balaban J connectivity index is 2.24. The molecule has 18 heavy (non-hydrogen) atoms. The highest BCUT2D eigenvalue weighted by atomic mass is 35.5. The molecule has 0 N–H and O–H groups in total. The molecule has 0 aliphatic heterocycles. The molecular weight excluding hydrogens is 293 g/mol. The van der Waals surface area contributed by atoms with Gasteiger partial charge in [0.2, 0.25) is 0 Å². The van der Waals surface area contributed by atoms with Gasteiger partial charge in [0, 0.05) is 13.2 Å². The van der Waals surface area contributed by atoms with E-state index in [2.05, 4.69) is 9.97 Å². The van der Waals surface area contributed by atoms with Crippen LogP contribution in [0.1, 0.15) is 5.69 Å². The van der Waals surface area contributed by atoms with Crippen LogP contribution in [-0.4, -0.2) is 17.0 Å². The molecule has 3 nitrogen and oxygen atoms in total. The van der Waals surface area contributed by atoms with E-state index in [4.69, 9.17) is 34.8 Å². The van der Waals surface area contributed by atoms with E-state index in [9.17, 15) is 0 Å². The molecule has 2 aromatic rings. The van der Waals surface area contributed by atoms with Crippen molar-refractivity contribution in [1.82, 2.24) is 9.97 Å². The van der Waals surface area contributed by atoms with Gasteiger partial charge in [-0.15, -0.1) is 0 Å². The molecule has 0 aliphatic carbocycles. The number of aromatic nitrogens is 2. The van der Waals surface area contributed by atoms with Crippen molar-refractivity contribution in [3.8, 4) is 0 Å². The van der Waals surface area contributed by atoms with E-state index >= 15 is 0 Å². The van der Waals surface area contributed by atoms with E-state index in [0.29, 0.717) is 22.4 Å². The molecule has 2 heterocycles. The molecule has 0 saturated heterocycles. The fraction of sp³-hybridized carbons (Fsp3) is 0.167. The molecular formula is C12H10Cl3N3. The fourth-order valence-electron chi connectivity index (χ4n) is 1.51. The molecule has 0 amide bonds. The quantitative estimate of drug-likeness (QED) is 0.800. The van der Waals surface area contributed by atoms with E-state index in [1.807, 2.05) is 30.1 Å². The van der Waals surface area contributed by atoms with Gasteiger partial charge in [-0.05, 0) is 18.2 Å². The molecule has 0 bridgehead atoms. The Bertz CT molecular complexity index is 546. The van der Waals surface area contributed by atoms with Gasteiger partial charge < -0.3 is 4.90 Å². The zero-order valence-electron chi connectivity index (χ0n) is 9.57. The predicted molar refractivity (Wildman–Crippen MR) is 75.6 cm³/mol. The SMILES string of the molecule is CN(Cc1ccccn1)c1nc(Cl)c(Cl)cc1Cl. The van der Waals surface area contributed by atoms with Crippen molar-refractivity contribution in [2.45, 2.75) is 6.54 Å². The maximum absolute atomic E-state index is 6.09. The average Bonchev–Trinajstić information content (AvgIpc) is 2.35. The van der Waals surface area contributed by atoms with E-state index in [1.54, 1.807) is 12.3 Å². The highest BCUT2D eigenvalue weighted by Gasteiger charge is 2.12. The van der Waals surface area contributed by atoms with Crippen molar-refractivity contribution in [3.63, 3.8) is 0 Å². The van der Waals surface area contributed by atoms with Crippen LogP contribution in [0.3, 0.4) is 0 Å². The first kappa shape index (κ1) is 13.4. The molecule has 0 fully saturated rings. The minimum Gasteiger partial charge on any atom is -0.352 e. The summed E-state index contributed by atoms with van der Waals surface area (Å²) in [4.78, 5) is 10.3. The molecule has 0 spiro atoms. The fourth-order valence-corrected chi connectivity index (χ4v) is 2.15. The summed E-state index contributed by atoms with van der Waals surface area (Å²) in [5.41, 5.74) is 0.920. The number of hydrogen-bond donors (Lipinski definition) is 0. The lowest BCUT2D eigenvalue weighted by molar-refractivity contribution is 0.866. The number of nitrogens with zero attached hydrogens (tertiary/aromatic N) is 3. The smallest absolute Gasteiger partial charge is 0.150 e. The standard InChI is InChI=1S/C12H10Cl3N3/c1-18(7-8-4-2-3-5-16-8)12-10(14)6-9(13)11(15)17-12/h2-6H,7H2,1H3. The molecule has 0 aromatic carbocycles. The van der Waals surface area contributed by atoms with Crippen LogP contribution in [0, 0.1) is 0 Å². The van der Waals surface area contributed by atoms with Gasteiger partial charge in [0.25, 0.3) is 0 Å². The maximum atomic E-state index is 6.09. The van der Waals surface area contributed by atoms with Crippen LogP contribution >= 0.6 is 34.8 Å². The maximum Gasteiger partial charge on any atom is 0.150 e. The molecule has 0 saturated carbocycles. The first-order valence-electron chi connectivity index (χ1n) is 5.20. The Labute approximate surface area is 120 Å². The van der Waals surface area contributed by atoms with Crippen LogP contribution in [0.15, 0.2) is 30.5 Å². The summed E-state index contributed by atoms with van der Waals surface area (Å²) in [7, 11) is 1.87. The van der Waals surface area contributed by atoms with Crippen molar-refractivity contribution >= 4 is 40.6 Å². The monoisotopic (exact) mass is 301 g/mol. The van der Waals surface area contributed by atoms with Gasteiger partial charge in [-0.25, -0.2) is 4.98 Å². The summed E-state index contributed by atoms with van der Waals surface area (Å²) < 4.78 is 0. The average molecular weight is 303 g/mol. The molecule has 6 heteroatoms. The third-order valence-corrected chi connectivity index (χ3v) is 3.31.